The lowest BCUT2D eigenvalue weighted by molar-refractivity contribution is -0.107. The minimum absolute atomic E-state index is 0.134. The third-order valence-corrected chi connectivity index (χ3v) is 1.49. The summed E-state index contributed by atoms with van der Waals surface area (Å²) in [5.74, 6) is 0.461. The van der Waals surface area contributed by atoms with E-state index < -0.39 is 0 Å². The summed E-state index contributed by atoms with van der Waals surface area (Å²) in [4.78, 5) is 9.95. The van der Waals surface area contributed by atoms with Gasteiger partial charge in [-0.25, -0.2) is 0 Å². The van der Waals surface area contributed by atoms with Crippen molar-refractivity contribution in [3.8, 4) is 0 Å². The molecule has 0 saturated heterocycles. The van der Waals surface area contributed by atoms with Crippen LogP contribution in [0.4, 0.5) is 0 Å². The second-order valence-electron chi connectivity index (χ2n) is 2.77. The van der Waals surface area contributed by atoms with Crippen LogP contribution in [0.25, 0.3) is 0 Å². The minimum atomic E-state index is 0.134. The average Bonchev–Trinajstić information content (AvgIpc) is 1.97. The lowest BCUT2D eigenvalue weighted by Gasteiger charge is -2.13. The molecule has 0 aliphatic heterocycles. The first-order chi connectivity index (χ1) is 5.22. The van der Waals surface area contributed by atoms with Gasteiger partial charge in [-0.3, -0.25) is 0 Å². The molecule has 2 heteroatoms. The number of allylic oxidation sites excluding steroid dienone is 1. The van der Waals surface area contributed by atoms with Gasteiger partial charge in [0.2, 0.25) is 0 Å². The second kappa shape index (κ2) is 6.10. The summed E-state index contributed by atoms with van der Waals surface area (Å²) in [5.41, 5.74) is 0. The van der Waals surface area contributed by atoms with Crippen LogP contribution in [0.1, 0.15) is 20.3 Å². The molecule has 2 nitrogen and oxygen atoms in total. The largest absolute Gasteiger partial charge is 0.377 e. The van der Waals surface area contributed by atoms with Gasteiger partial charge in [0, 0.05) is 13.5 Å². The fourth-order valence-electron chi connectivity index (χ4n) is 0.841. The van der Waals surface area contributed by atoms with Crippen LogP contribution in [-0.2, 0) is 9.53 Å². The van der Waals surface area contributed by atoms with Crippen molar-refractivity contribution in [2.75, 3.05) is 7.11 Å². The Hall–Kier alpha value is -0.630. The van der Waals surface area contributed by atoms with E-state index in [1.54, 1.807) is 7.11 Å². The molecule has 0 spiro atoms. The normalized spacial score (nSPS) is 14.2. The van der Waals surface area contributed by atoms with Gasteiger partial charge in [-0.15, -0.1) is 0 Å². The Labute approximate surface area is 68.2 Å². The van der Waals surface area contributed by atoms with E-state index in [1.165, 1.54) is 0 Å². The van der Waals surface area contributed by atoms with Gasteiger partial charge >= 0.3 is 0 Å². The first-order valence-electron chi connectivity index (χ1n) is 3.85. The van der Waals surface area contributed by atoms with Gasteiger partial charge in [0.1, 0.15) is 6.29 Å². The van der Waals surface area contributed by atoms with Crippen LogP contribution in [0.3, 0.4) is 0 Å². The highest BCUT2D eigenvalue weighted by atomic mass is 16.5. The number of methoxy groups -OCH3 is 1. The molecule has 0 aliphatic rings. The van der Waals surface area contributed by atoms with E-state index in [2.05, 4.69) is 13.8 Å². The van der Waals surface area contributed by atoms with Crippen molar-refractivity contribution in [1.82, 2.24) is 0 Å². The topological polar surface area (TPSA) is 26.3 Å². The van der Waals surface area contributed by atoms with Crippen molar-refractivity contribution < 1.29 is 9.53 Å². The Morgan fingerprint density at radius 3 is 2.45 bits per heavy atom. The quantitative estimate of drug-likeness (QED) is 0.448. The van der Waals surface area contributed by atoms with Crippen LogP contribution in [0, 0.1) is 5.92 Å². The number of hydrogen-bond donors (Lipinski definition) is 0. The Bertz CT molecular complexity index is 128. The first-order valence-corrected chi connectivity index (χ1v) is 3.85. The summed E-state index contributed by atoms with van der Waals surface area (Å²) in [6.07, 6.45) is 5.26. The van der Waals surface area contributed by atoms with Gasteiger partial charge in [0.05, 0.1) is 6.10 Å². The molecule has 0 aromatic carbocycles. The highest BCUT2D eigenvalue weighted by Gasteiger charge is 2.06. The molecule has 0 aromatic heterocycles. The summed E-state index contributed by atoms with van der Waals surface area (Å²) in [6, 6.07) is 0. The molecule has 1 atom stereocenters. The summed E-state index contributed by atoms with van der Waals surface area (Å²) >= 11 is 0. The maximum atomic E-state index is 9.95. The summed E-state index contributed by atoms with van der Waals surface area (Å²) in [5, 5.41) is 0. The van der Waals surface area contributed by atoms with E-state index in [9.17, 15) is 4.79 Å². The van der Waals surface area contributed by atoms with Crippen molar-refractivity contribution in [2.24, 2.45) is 5.92 Å². The van der Waals surface area contributed by atoms with Gasteiger partial charge in [-0.1, -0.05) is 26.0 Å². The Kier molecular flexibility index (Phi) is 5.75. The molecule has 0 fully saturated rings. The molecule has 0 aromatic rings. The lowest BCUT2D eigenvalue weighted by atomic mass is 10.1. The summed E-state index contributed by atoms with van der Waals surface area (Å²) < 4.78 is 5.16. The molecule has 0 amide bonds. The number of hydrogen-bond acceptors (Lipinski definition) is 2. The number of carbonyl (C=O) groups excluding carboxylic acids is 1. The van der Waals surface area contributed by atoms with E-state index in [0.717, 1.165) is 6.29 Å². The van der Waals surface area contributed by atoms with Crippen molar-refractivity contribution in [2.45, 2.75) is 26.4 Å². The van der Waals surface area contributed by atoms with E-state index in [0.29, 0.717) is 12.3 Å². The molecular formula is C9H16O2. The molecule has 64 valence electrons. The van der Waals surface area contributed by atoms with E-state index in [1.807, 2.05) is 12.2 Å². The molecule has 11 heavy (non-hydrogen) atoms. The standard InChI is InChI=1S/C9H16O2/c1-8(2)9(11-3)6-4-5-7-10/h4,6-9H,5H2,1-3H3. The van der Waals surface area contributed by atoms with Gasteiger partial charge in [0.15, 0.2) is 0 Å². The maximum Gasteiger partial charge on any atom is 0.123 e. The number of rotatable bonds is 5. The Morgan fingerprint density at radius 1 is 1.45 bits per heavy atom. The highest BCUT2D eigenvalue weighted by molar-refractivity contribution is 5.51. The zero-order chi connectivity index (χ0) is 8.69. The van der Waals surface area contributed by atoms with E-state index in [-0.39, 0.29) is 6.10 Å². The SMILES string of the molecule is COC(C=CCC=O)C(C)C. The zero-order valence-electron chi connectivity index (χ0n) is 7.41. The highest BCUT2D eigenvalue weighted by Crippen LogP contribution is 2.06. The maximum absolute atomic E-state index is 9.95. The smallest absolute Gasteiger partial charge is 0.123 e. The molecular weight excluding hydrogens is 140 g/mol. The zero-order valence-corrected chi connectivity index (χ0v) is 7.41. The molecule has 0 N–H and O–H groups in total. The van der Waals surface area contributed by atoms with Gasteiger partial charge in [0.25, 0.3) is 0 Å². The lowest BCUT2D eigenvalue weighted by Crippen LogP contribution is -2.14. The van der Waals surface area contributed by atoms with Crippen LogP contribution in [-0.4, -0.2) is 19.5 Å². The third-order valence-electron chi connectivity index (χ3n) is 1.49. The molecule has 0 aliphatic carbocycles. The molecule has 0 heterocycles. The molecule has 0 rings (SSSR count). The van der Waals surface area contributed by atoms with Gasteiger partial charge in [-0.2, -0.15) is 0 Å². The van der Waals surface area contributed by atoms with Crippen molar-refractivity contribution >= 4 is 6.29 Å². The fourth-order valence-corrected chi connectivity index (χ4v) is 0.841. The van der Waals surface area contributed by atoms with Crippen molar-refractivity contribution in [1.29, 1.82) is 0 Å². The van der Waals surface area contributed by atoms with Crippen LogP contribution in [0.2, 0.25) is 0 Å². The van der Waals surface area contributed by atoms with Crippen molar-refractivity contribution in [3.63, 3.8) is 0 Å². The first kappa shape index (κ1) is 10.4. The molecule has 1 unspecified atom stereocenters. The number of aldehydes is 1. The fraction of sp³-hybridized carbons (Fsp3) is 0.667. The molecule has 0 bridgehead atoms. The second-order valence-corrected chi connectivity index (χ2v) is 2.77. The molecule has 0 radical (unpaired) electrons. The monoisotopic (exact) mass is 156 g/mol. The van der Waals surface area contributed by atoms with E-state index >= 15 is 0 Å². The Morgan fingerprint density at radius 2 is 2.09 bits per heavy atom. The number of ether oxygens (including phenoxy) is 1. The van der Waals surface area contributed by atoms with Crippen molar-refractivity contribution in [3.05, 3.63) is 12.2 Å². The summed E-state index contributed by atoms with van der Waals surface area (Å²) in [6.45, 7) is 4.17. The van der Waals surface area contributed by atoms with Gasteiger partial charge < -0.3 is 9.53 Å². The average molecular weight is 156 g/mol. The predicted molar refractivity (Wildman–Crippen MR) is 45.5 cm³/mol. The van der Waals surface area contributed by atoms with Crippen LogP contribution in [0.5, 0.6) is 0 Å². The molecule has 0 saturated carbocycles. The predicted octanol–water partition coefficient (Wildman–Crippen LogP) is 1.80. The van der Waals surface area contributed by atoms with Gasteiger partial charge in [-0.05, 0) is 5.92 Å². The van der Waals surface area contributed by atoms with Crippen LogP contribution >= 0.6 is 0 Å². The third kappa shape index (κ3) is 4.73. The summed E-state index contributed by atoms with van der Waals surface area (Å²) in [7, 11) is 1.68. The minimum Gasteiger partial charge on any atom is -0.377 e. The number of carbonyl (C=O) groups is 1. The Balaban J connectivity index is 3.76. The van der Waals surface area contributed by atoms with Crippen LogP contribution in [0.15, 0.2) is 12.2 Å². The van der Waals surface area contributed by atoms with E-state index in [4.69, 9.17) is 4.74 Å². The van der Waals surface area contributed by atoms with Crippen LogP contribution < -0.4 is 0 Å².